The zero-order chi connectivity index (χ0) is 50.5. The van der Waals surface area contributed by atoms with Crippen LogP contribution in [0.25, 0.3) is 0 Å². The topological polar surface area (TPSA) is 160 Å². The van der Waals surface area contributed by atoms with Gasteiger partial charge in [0, 0.05) is 99.6 Å². The number of rotatable bonds is 12. The fraction of sp³-hybridized carbons (Fsp3) is 0.449. The first kappa shape index (κ1) is 52.4. The second kappa shape index (κ2) is 21.9. The maximum absolute atomic E-state index is 13.4. The van der Waals surface area contributed by atoms with Gasteiger partial charge in [-0.2, -0.15) is 21.8 Å². The highest BCUT2D eigenvalue weighted by Crippen LogP contribution is 2.35. The van der Waals surface area contributed by atoms with Crippen LogP contribution in [0.15, 0.2) is 94.7 Å². The smallest absolute Gasteiger partial charge is 0.416 e. The largest absolute Gasteiger partial charge is 0.467 e. The maximum atomic E-state index is 13.4. The molecule has 4 heterocycles. The van der Waals surface area contributed by atoms with Crippen molar-refractivity contribution in [1.82, 2.24) is 13.9 Å². The summed E-state index contributed by atoms with van der Waals surface area (Å²) in [6.45, 7) is 9.52. The van der Waals surface area contributed by atoms with Crippen LogP contribution in [0.5, 0.6) is 0 Å². The molecule has 2 unspecified atom stereocenters. The Kier molecular flexibility index (Phi) is 16.4. The van der Waals surface area contributed by atoms with E-state index in [0.29, 0.717) is 94.4 Å². The van der Waals surface area contributed by atoms with Crippen LogP contribution < -0.4 is 24.9 Å². The molecule has 3 amide bonds. The molecule has 2 fully saturated rings. The van der Waals surface area contributed by atoms with Crippen molar-refractivity contribution < 1.29 is 49.1 Å². The number of urea groups is 1. The lowest BCUT2D eigenvalue weighted by Gasteiger charge is -2.35. The molecule has 21 heteroatoms. The summed E-state index contributed by atoms with van der Waals surface area (Å²) in [4.78, 5) is 45.1. The molecule has 0 saturated carbocycles. The number of benzene rings is 4. The number of nitrogens with one attached hydrogen (secondary N) is 1. The number of sulfonamides is 2. The van der Waals surface area contributed by atoms with E-state index in [1.165, 1.54) is 27.9 Å². The highest BCUT2D eigenvalue weighted by Gasteiger charge is 2.36. The third-order valence-electron chi connectivity index (χ3n) is 13.3. The molecular formula is C49H59ClF3N7O8S2. The Morgan fingerprint density at radius 3 is 1.67 bits per heavy atom. The lowest BCUT2D eigenvalue weighted by molar-refractivity contribution is -0.144. The van der Waals surface area contributed by atoms with Crippen molar-refractivity contribution in [3.05, 3.63) is 107 Å². The lowest BCUT2D eigenvalue weighted by Crippen LogP contribution is -2.50. The van der Waals surface area contributed by atoms with Crippen molar-refractivity contribution in [2.75, 3.05) is 92.2 Å². The summed E-state index contributed by atoms with van der Waals surface area (Å²) in [5.41, 5.74) is 3.71. The van der Waals surface area contributed by atoms with Gasteiger partial charge in [0.1, 0.15) is 6.04 Å². The minimum absolute atomic E-state index is 0.0394. The number of halogens is 4. The lowest BCUT2D eigenvalue weighted by atomic mass is 9.99. The fourth-order valence-electron chi connectivity index (χ4n) is 9.13. The Balaban J connectivity index is 0.000000208. The molecule has 2 atom stereocenters. The second-order valence-corrected chi connectivity index (χ2v) is 22.0. The summed E-state index contributed by atoms with van der Waals surface area (Å²) in [6.07, 6.45) is -1.38. The number of ether oxygens (including phenoxy) is 1. The molecule has 8 rings (SSSR count). The number of anilines is 4. The van der Waals surface area contributed by atoms with Crippen LogP contribution in [0.4, 0.5) is 40.7 Å². The molecule has 4 aromatic carbocycles. The summed E-state index contributed by atoms with van der Waals surface area (Å²) in [5.74, 6) is -0.540. The molecule has 0 aliphatic carbocycles. The highest BCUT2D eigenvalue weighted by atomic mass is 35.5. The number of esters is 1. The van der Waals surface area contributed by atoms with Gasteiger partial charge < -0.3 is 24.8 Å². The molecule has 2 saturated heterocycles. The zero-order valence-electron chi connectivity index (χ0n) is 39.6. The third kappa shape index (κ3) is 11.5. The quantitative estimate of drug-likeness (QED) is 0.142. The van der Waals surface area contributed by atoms with Gasteiger partial charge >= 0.3 is 18.2 Å². The number of hydrogen-bond acceptors (Lipinski definition) is 10. The Bertz CT molecular complexity index is 2790. The molecule has 0 aromatic heterocycles. The van der Waals surface area contributed by atoms with Gasteiger partial charge in [-0.3, -0.25) is 9.69 Å². The molecule has 70 heavy (non-hydrogen) atoms. The average Bonchev–Trinajstić information content (AvgIpc) is 4.00. The number of alkyl halides is 3. The standard InChI is InChI=1S/C26H33ClN4O5S.C23H26F3N3O3S/c1-4-18(2)24(25(32)36-3)28-26(33)31-11-10-19-16-22(8-9-23(19)31)37(34,35)30-14-12-29(13-15-30)21-7-5-6-20(27)17-21;1-2-4-22(30)29-10-9-17-15-20(7-8-21(17)29)33(31,32)28-13-11-27(12-14-28)19-6-3-5-18(16-19)23(24,25)26/h5-9,16-18,24H,4,10-15H2,1-3H3,(H,28,33);3,5-8,15-16H,2,4,9-14H2,1H3. The van der Waals surface area contributed by atoms with Gasteiger partial charge in [-0.25, -0.2) is 26.4 Å². The minimum Gasteiger partial charge on any atom is -0.467 e. The number of methoxy groups -OCH3 is 1. The van der Waals surface area contributed by atoms with E-state index < -0.39 is 49.8 Å². The van der Waals surface area contributed by atoms with Crippen LogP contribution in [-0.2, 0) is 53.4 Å². The molecule has 4 aromatic rings. The van der Waals surface area contributed by atoms with Crippen LogP contribution in [0, 0.1) is 5.92 Å². The number of amides is 3. The van der Waals surface area contributed by atoms with Gasteiger partial charge in [0.15, 0.2) is 0 Å². The number of carbonyl (C=O) groups is 3. The molecule has 0 bridgehead atoms. The van der Waals surface area contributed by atoms with E-state index in [-0.39, 0.29) is 34.7 Å². The summed E-state index contributed by atoms with van der Waals surface area (Å²) in [7, 11) is -6.13. The van der Waals surface area contributed by atoms with Crippen molar-refractivity contribution >= 4 is 72.3 Å². The Morgan fingerprint density at radius 2 is 1.19 bits per heavy atom. The predicted octanol–water partition coefficient (Wildman–Crippen LogP) is 7.42. The van der Waals surface area contributed by atoms with Crippen LogP contribution in [0.3, 0.4) is 0 Å². The Hall–Kier alpha value is -5.41. The SMILES string of the molecule is CCC(C)C(NC(=O)N1CCc2cc(S(=O)(=O)N3CCN(c4cccc(Cl)c4)CC3)ccc21)C(=O)OC.CCCC(=O)N1CCc2cc(S(=O)(=O)N3CCN(c4cccc(C(F)(F)F)c4)CC3)ccc21. The molecule has 0 radical (unpaired) electrons. The number of hydrogen-bond donors (Lipinski definition) is 1. The molecule has 4 aliphatic heterocycles. The molecule has 0 spiro atoms. The van der Waals surface area contributed by atoms with Gasteiger partial charge in [0.05, 0.1) is 22.5 Å². The van der Waals surface area contributed by atoms with Crippen molar-refractivity contribution in [3.8, 4) is 0 Å². The Labute approximate surface area is 413 Å². The van der Waals surface area contributed by atoms with Gasteiger partial charge in [-0.1, -0.05) is 50.9 Å². The summed E-state index contributed by atoms with van der Waals surface area (Å²) >= 11 is 6.11. The van der Waals surface area contributed by atoms with E-state index in [0.717, 1.165) is 41.1 Å². The maximum Gasteiger partial charge on any atom is 0.416 e. The summed E-state index contributed by atoms with van der Waals surface area (Å²) < 4.78 is 100. The van der Waals surface area contributed by atoms with Crippen LogP contribution in [0.1, 0.15) is 56.7 Å². The van der Waals surface area contributed by atoms with E-state index in [9.17, 15) is 44.4 Å². The molecule has 1 N–H and O–H groups in total. The number of piperazine rings is 2. The number of nitrogens with zero attached hydrogens (tertiary/aromatic N) is 6. The number of fused-ring (bicyclic) bond motifs is 2. The second-order valence-electron chi connectivity index (χ2n) is 17.7. The summed E-state index contributed by atoms with van der Waals surface area (Å²) in [6, 6.07) is 21.2. The predicted molar refractivity (Wildman–Crippen MR) is 264 cm³/mol. The zero-order valence-corrected chi connectivity index (χ0v) is 42.0. The normalized spacial score (nSPS) is 17.5. The third-order valence-corrected chi connectivity index (χ3v) is 17.3. The first-order valence-corrected chi connectivity index (χ1v) is 26.7. The fourth-order valence-corrected chi connectivity index (χ4v) is 12.3. The van der Waals surface area contributed by atoms with E-state index in [1.54, 1.807) is 51.1 Å². The van der Waals surface area contributed by atoms with Crippen molar-refractivity contribution in [2.24, 2.45) is 5.92 Å². The first-order valence-electron chi connectivity index (χ1n) is 23.4. The number of carbonyl (C=O) groups excluding carboxylic acids is 3. The van der Waals surface area contributed by atoms with Crippen molar-refractivity contribution in [1.29, 1.82) is 0 Å². The van der Waals surface area contributed by atoms with E-state index >= 15 is 0 Å². The monoisotopic (exact) mass is 1030 g/mol. The summed E-state index contributed by atoms with van der Waals surface area (Å²) in [5, 5.41) is 3.44. The molecule has 4 aliphatic rings. The Morgan fingerprint density at radius 1 is 0.686 bits per heavy atom. The van der Waals surface area contributed by atoms with Crippen molar-refractivity contribution in [3.63, 3.8) is 0 Å². The van der Waals surface area contributed by atoms with Gasteiger partial charge in [-0.15, -0.1) is 0 Å². The van der Waals surface area contributed by atoms with Crippen LogP contribution in [0.2, 0.25) is 5.02 Å². The molecular weight excluding hydrogens is 971 g/mol. The molecule has 378 valence electrons. The van der Waals surface area contributed by atoms with Gasteiger partial charge in [-0.05, 0) is 109 Å². The van der Waals surface area contributed by atoms with E-state index in [4.69, 9.17) is 16.3 Å². The van der Waals surface area contributed by atoms with Crippen molar-refractivity contribution in [2.45, 2.75) is 74.9 Å². The van der Waals surface area contributed by atoms with Gasteiger partial charge in [0.25, 0.3) is 0 Å². The average molecular weight is 1030 g/mol. The first-order chi connectivity index (χ1) is 33.3. The van der Waals surface area contributed by atoms with Gasteiger partial charge in [0.2, 0.25) is 26.0 Å². The van der Waals surface area contributed by atoms with E-state index in [2.05, 4.69) is 10.2 Å². The van der Waals surface area contributed by atoms with Crippen LogP contribution >= 0.6 is 11.6 Å². The van der Waals surface area contributed by atoms with E-state index in [1.807, 2.05) is 45.0 Å². The van der Waals surface area contributed by atoms with Crippen LogP contribution in [-0.4, -0.2) is 122 Å². The highest BCUT2D eigenvalue weighted by molar-refractivity contribution is 7.89. The molecule has 15 nitrogen and oxygen atoms in total. The minimum atomic E-state index is -4.43.